The predicted octanol–water partition coefficient (Wildman–Crippen LogP) is 2.93. The summed E-state index contributed by atoms with van der Waals surface area (Å²) in [6.07, 6.45) is -2.47. The molecule has 0 aliphatic carbocycles. The summed E-state index contributed by atoms with van der Waals surface area (Å²) in [5.74, 6) is 0.547. The first-order valence-electron chi connectivity index (χ1n) is 7.09. The number of benzene rings is 1. The number of nitrogens with zero attached hydrogens (tertiary/aromatic N) is 4. The minimum Gasteiger partial charge on any atom is -0.382 e. The number of halogens is 3. The second-order valence-corrected chi connectivity index (χ2v) is 5.13. The average molecular weight is 334 g/mol. The highest BCUT2D eigenvalue weighted by atomic mass is 19.4. The standard InChI is InChI=1S/C16H13F3N4O/c17-16(18,19)14(24)10-23-8-5-13(22-23)11-3-1-4-12(9-11)15-20-6-2-7-21-15/h1-9,14,24H,10H2. The summed E-state index contributed by atoms with van der Waals surface area (Å²) in [5.41, 5.74) is 2.00. The number of rotatable bonds is 4. The molecule has 0 radical (unpaired) electrons. The molecule has 0 aliphatic heterocycles. The fraction of sp³-hybridized carbons (Fsp3) is 0.188. The van der Waals surface area contributed by atoms with E-state index in [1.54, 1.807) is 36.7 Å². The van der Waals surface area contributed by atoms with Gasteiger partial charge in [-0.2, -0.15) is 18.3 Å². The van der Waals surface area contributed by atoms with Crippen LogP contribution >= 0.6 is 0 Å². The van der Waals surface area contributed by atoms with Crippen molar-refractivity contribution in [2.45, 2.75) is 18.8 Å². The predicted molar refractivity (Wildman–Crippen MR) is 80.8 cm³/mol. The zero-order valence-corrected chi connectivity index (χ0v) is 12.4. The third kappa shape index (κ3) is 3.60. The molecule has 8 heteroatoms. The fourth-order valence-corrected chi connectivity index (χ4v) is 2.16. The van der Waals surface area contributed by atoms with Crippen molar-refractivity contribution >= 4 is 0 Å². The van der Waals surface area contributed by atoms with Gasteiger partial charge in [-0.25, -0.2) is 9.97 Å². The van der Waals surface area contributed by atoms with E-state index in [0.29, 0.717) is 11.5 Å². The maximum Gasteiger partial charge on any atom is 0.416 e. The monoisotopic (exact) mass is 334 g/mol. The summed E-state index contributed by atoms with van der Waals surface area (Å²) < 4.78 is 38.3. The molecule has 0 aliphatic rings. The van der Waals surface area contributed by atoms with Crippen molar-refractivity contribution in [3.63, 3.8) is 0 Å². The van der Waals surface area contributed by atoms with E-state index < -0.39 is 18.8 Å². The Bertz CT molecular complexity index is 817. The van der Waals surface area contributed by atoms with E-state index in [1.165, 1.54) is 6.20 Å². The molecule has 2 heterocycles. The topological polar surface area (TPSA) is 63.8 Å². The molecule has 24 heavy (non-hydrogen) atoms. The van der Waals surface area contributed by atoms with E-state index in [1.807, 2.05) is 12.1 Å². The van der Waals surface area contributed by atoms with Gasteiger partial charge in [0.1, 0.15) is 0 Å². The maximum atomic E-state index is 12.4. The van der Waals surface area contributed by atoms with Gasteiger partial charge in [0.05, 0.1) is 12.2 Å². The molecule has 1 unspecified atom stereocenters. The van der Waals surface area contributed by atoms with E-state index in [-0.39, 0.29) is 0 Å². The van der Waals surface area contributed by atoms with Gasteiger partial charge in [0, 0.05) is 29.7 Å². The molecule has 124 valence electrons. The normalized spacial score (nSPS) is 13.0. The van der Waals surface area contributed by atoms with Crippen LogP contribution in [-0.4, -0.2) is 37.1 Å². The Morgan fingerprint density at radius 1 is 1.04 bits per heavy atom. The van der Waals surface area contributed by atoms with Gasteiger partial charge in [0.15, 0.2) is 11.9 Å². The van der Waals surface area contributed by atoms with E-state index in [2.05, 4.69) is 15.1 Å². The van der Waals surface area contributed by atoms with Gasteiger partial charge in [0.2, 0.25) is 0 Å². The first-order chi connectivity index (χ1) is 11.4. The van der Waals surface area contributed by atoms with Gasteiger partial charge >= 0.3 is 6.18 Å². The quantitative estimate of drug-likeness (QED) is 0.797. The second kappa shape index (κ2) is 6.40. The van der Waals surface area contributed by atoms with Crippen molar-refractivity contribution in [2.75, 3.05) is 0 Å². The van der Waals surface area contributed by atoms with E-state index in [0.717, 1.165) is 15.8 Å². The lowest BCUT2D eigenvalue weighted by molar-refractivity contribution is -0.208. The van der Waals surface area contributed by atoms with Crippen LogP contribution in [-0.2, 0) is 6.54 Å². The second-order valence-electron chi connectivity index (χ2n) is 5.13. The minimum absolute atomic E-state index is 0.502. The average Bonchev–Trinajstić information content (AvgIpc) is 3.03. The molecular weight excluding hydrogens is 321 g/mol. The Morgan fingerprint density at radius 3 is 2.46 bits per heavy atom. The van der Waals surface area contributed by atoms with E-state index in [9.17, 15) is 13.2 Å². The third-order valence-electron chi connectivity index (χ3n) is 3.36. The summed E-state index contributed by atoms with van der Waals surface area (Å²) in [7, 11) is 0. The zero-order valence-electron chi connectivity index (χ0n) is 12.4. The molecule has 3 aromatic rings. The fourth-order valence-electron chi connectivity index (χ4n) is 2.16. The first-order valence-corrected chi connectivity index (χ1v) is 7.09. The minimum atomic E-state index is -4.67. The highest BCUT2D eigenvalue weighted by molar-refractivity contribution is 5.67. The molecule has 0 saturated carbocycles. The third-order valence-corrected chi connectivity index (χ3v) is 3.36. The SMILES string of the molecule is OC(Cn1ccc(-c2cccc(-c3ncccn3)c2)n1)C(F)(F)F. The van der Waals surface area contributed by atoms with Gasteiger partial charge in [0.25, 0.3) is 0 Å². The van der Waals surface area contributed by atoms with Crippen LogP contribution in [0.4, 0.5) is 13.2 Å². The Kier molecular flexibility index (Phi) is 4.30. The van der Waals surface area contributed by atoms with Crippen LogP contribution in [0, 0.1) is 0 Å². The molecule has 0 amide bonds. The lowest BCUT2D eigenvalue weighted by Crippen LogP contribution is -2.32. The van der Waals surface area contributed by atoms with Crippen LogP contribution in [0.1, 0.15) is 0 Å². The Hall–Kier alpha value is -2.74. The number of hydrogen-bond acceptors (Lipinski definition) is 4. The Labute approximate surface area is 135 Å². The number of aliphatic hydroxyl groups is 1. The van der Waals surface area contributed by atoms with Gasteiger partial charge in [-0.05, 0) is 18.2 Å². The van der Waals surface area contributed by atoms with Crippen LogP contribution in [0.3, 0.4) is 0 Å². The van der Waals surface area contributed by atoms with Crippen molar-refractivity contribution in [3.8, 4) is 22.6 Å². The van der Waals surface area contributed by atoms with Crippen molar-refractivity contribution in [3.05, 3.63) is 55.0 Å². The van der Waals surface area contributed by atoms with Gasteiger partial charge in [-0.1, -0.05) is 18.2 Å². The van der Waals surface area contributed by atoms with Gasteiger partial charge in [-0.3, -0.25) is 4.68 Å². The molecule has 2 aromatic heterocycles. The zero-order chi connectivity index (χ0) is 17.2. The molecule has 3 rings (SSSR count). The lowest BCUT2D eigenvalue weighted by atomic mass is 10.1. The van der Waals surface area contributed by atoms with E-state index in [4.69, 9.17) is 5.11 Å². The summed E-state index contributed by atoms with van der Waals surface area (Å²) in [6.45, 7) is -0.648. The van der Waals surface area contributed by atoms with E-state index >= 15 is 0 Å². The maximum absolute atomic E-state index is 12.4. The largest absolute Gasteiger partial charge is 0.416 e. The molecule has 0 fully saturated rings. The Balaban J connectivity index is 1.83. The summed E-state index contributed by atoms with van der Waals surface area (Å²) in [6, 6.07) is 10.5. The number of alkyl halides is 3. The van der Waals surface area contributed by atoms with Gasteiger partial charge < -0.3 is 5.11 Å². The summed E-state index contributed by atoms with van der Waals surface area (Å²) in [5, 5.41) is 13.2. The smallest absolute Gasteiger partial charge is 0.382 e. The molecule has 5 nitrogen and oxygen atoms in total. The van der Waals surface area contributed by atoms with Crippen LogP contribution in [0.25, 0.3) is 22.6 Å². The van der Waals surface area contributed by atoms with Crippen LogP contribution in [0.15, 0.2) is 55.0 Å². The lowest BCUT2D eigenvalue weighted by Gasteiger charge is -2.14. The molecule has 1 atom stereocenters. The summed E-state index contributed by atoms with van der Waals surface area (Å²) in [4.78, 5) is 8.32. The van der Waals surface area contributed by atoms with Crippen molar-refractivity contribution in [2.24, 2.45) is 0 Å². The number of aliphatic hydroxyl groups excluding tert-OH is 1. The van der Waals surface area contributed by atoms with Crippen LogP contribution in [0.2, 0.25) is 0 Å². The first kappa shape index (κ1) is 16.1. The molecule has 0 saturated heterocycles. The number of hydrogen-bond donors (Lipinski definition) is 1. The number of aromatic nitrogens is 4. The summed E-state index contributed by atoms with van der Waals surface area (Å²) >= 11 is 0. The van der Waals surface area contributed by atoms with Gasteiger partial charge in [-0.15, -0.1) is 0 Å². The van der Waals surface area contributed by atoms with Crippen molar-refractivity contribution < 1.29 is 18.3 Å². The van der Waals surface area contributed by atoms with Crippen LogP contribution < -0.4 is 0 Å². The van der Waals surface area contributed by atoms with Crippen LogP contribution in [0.5, 0.6) is 0 Å². The molecular formula is C16H13F3N4O. The molecule has 1 N–H and O–H groups in total. The highest BCUT2D eigenvalue weighted by Gasteiger charge is 2.38. The highest BCUT2D eigenvalue weighted by Crippen LogP contribution is 2.24. The van der Waals surface area contributed by atoms with Crippen molar-refractivity contribution in [1.29, 1.82) is 0 Å². The molecule has 0 spiro atoms. The Morgan fingerprint density at radius 2 is 1.75 bits per heavy atom. The van der Waals surface area contributed by atoms with Crippen molar-refractivity contribution in [1.82, 2.24) is 19.7 Å². The molecule has 1 aromatic carbocycles. The molecule has 0 bridgehead atoms.